The maximum absolute atomic E-state index is 11.8. The van der Waals surface area contributed by atoms with Crippen molar-refractivity contribution in [2.24, 2.45) is 0 Å². The molecule has 19 heavy (non-hydrogen) atoms. The van der Waals surface area contributed by atoms with Crippen molar-refractivity contribution in [2.45, 2.75) is 50.2 Å². The van der Waals surface area contributed by atoms with Crippen LogP contribution in [0.1, 0.15) is 44.7 Å². The first kappa shape index (κ1) is 12.9. The first-order valence-corrected chi connectivity index (χ1v) is 7.35. The number of aromatic nitrogens is 1. The molecule has 0 amide bonds. The SMILES string of the molecule is CC1(C)CC2(CCO1)OC(=O)CC2c1csc(N)n1. The van der Waals surface area contributed by atoms with Crippen molar-refractivity contribution in [1.29, 1.82) is 0 Å². The number of carbonyl (C=O) groups excluding carboxylic acids is 1. The topological polar surface area (TPSA) is 74.4 Å². The molecule has 0 radical (unpaired) electrons. The molecule has 3 heterocycles. The summed E-state index contributed by atoms with van der Waals surface area (Å²) >= 11 is 1.41. The van der Waals surface area contributed by atoms with Gasteiger partial charge in [-0.1, -0.05) is 0 Å². The zero-order chi connectivity index (χ0) is 13.7. The van der Waals surface area contributed by atoms with Crippen LogP contribution in [0.4, 0.5) is 5.13 Å². The monoisotopic (exact) mass is 282 g/mol. The first-order valence-electron chi connectivity index (χ1n) is 6.47. The Labute approximate surface area is 116 Å². The Kier molecular flexibility index (Phi) is 2.83. The van der Waals surface area contributed by atoms with E-state index in [9.17, 15) is 4.79 Å². The number of hydrogen-bond acceptors (Lipinski definition) is 6. The third kappa shape index (κ3) is 2.23. The fourth-order valence-corrected chi connectivity index (χ4v) is 3.89. The number of nitrogen functional groups attached to an aromatic ring is 1. The van der Waals surface area contributed by atoms with Crippen LogP contribution < -0.4 is 5.73 Å². The smallest absolute Gasteiger partial charge is 0.307 e. The number of carbonyl (C=O) groups is 1. The summed E-state index contributed by atoms with van der Waals surface area (Å²) < 4.78 is 11.4. The van der Waals surface area contributed by atoms with Gasteiger partial charge in [-0.05, 0) is 13.8 Å². The number of ether oxygens (including phenoxy) is 2. The van der Waals surface area contributed by atoms with Crippen LogP contribution in [0.2, 0.25) is 0 Å². The summed E-state index contributed by atoms with van der Waals surface area (Å²) in [4.78, 5) is 16.1. The molecule has 0 saturated carbocycles. The molecular weight excluding hydrogens is 264 g/mol. The number of rotatable bonds is 1. The molecule has 1 spiro atoms. The zero-order valence-corrected chi connectivity index (χ0v) is 12.0. The number of nitrogens with zero attached hydrogens (tertiary/aromatic N) is 1. The molecule has 0 aliphatic carbocycles. The second kappa shape index (κ2) is 4.18. The normalized spacial score (nSPS) is 33.6. The predicted molar refractivity (Wildman–Crippen MR) is 72.0 cm³/mol. The van der Waals surface area contributed by atoms with E-state index >= 15 is 0 Å². The average molecular weight is 282 g/mol. The van der Waals surface area contributed by atoms with Gasteiger partial charge in [0, 0.05) is 18.2 Å². The van der Waals surface area contributed by atoms with Crippen LogP contribution in [0.3, 0.4) is 0 Å². The lowest BCUT2D eigenvalue weighted by Crippen LogP contribution is -2.48. The van der Waals surface area contributed by atoms with E-state index in [0.717, 1.165) is 12.1 Å². The number of anilines is 1. The Hall–Kier alpha value is -1.14. The molecule has 1 aromatic rings. The van der Waals surface area contributed by atoms with Gasteiger partial charge in [0.25, 0.3) is 0 Å². The number of esters is 1. The van der Waals surface area contributed by atoms with Crippen LogP contribution in [0.25, 0.3) is 0 Å². The van der Waals surface area contributed by atoms with E-state index in [4.69, 9.17) is 15.2 Å². The van der Waals surface area contributed by atoms with Gasteiger partial charge in [-0.2, -0.15) is 0 Å². The minimum Gasteiger partial charge on any atom is -0.458 e. The Balaban J connectivity index is 1.96. The molecular formula is C13H18N2O3S. The quantitative estimate of drug-likeness (QED) is 0.798. The van der Waals surface area contributed by atoms with Crippen LogP contribution >= 0.6 is 11.3 Å². The maximum Gasteiger partial charge on any atom is 0.307 e. The van der Waals surface area contributed by atoms with Crippen LogP contribution in [-0.2, 0) is 14.3 Å². The average Bonchev–Trinajstić information content (AvgIpc) is 2.82. The fourth-order valence-electron chi connectivity index (χ4n) is 3.27. The van der Waals surface area contributed by atoms with E-state index in [1.54, 1.807) is 0 Å². The van der Waals surface area contributed by atoms with Gasteiger partial charge in [-0.3, -0.25) is 4.79 Å². The van der Waals surface area contributed by atoms with Gasteiger partial charge < -0.3 is 15.2 Å². The second-order valence-electron chi connectivity index (χ2n) is 5.94. The molecule has 3 rings (SSSR count). The van der Waals surface area contributed by atoms with Crippen molar-refractivity contribution in [3.05, 3.63) is 11.1 Å². The third-order valence-corrected chi connectivity index (χ3v) is 4.65. The number of nitrogens with two attached hydrogens (primary N) is 1. The van der Waals surface area contributed by atoms with E-state index in [-0.39, 0.29) is 17.5 Å². The summed E-state index contributed by atoms with van der Waals surface area (Å²) in [6, 6.07) is 0. The zero-order valence-electron chi connectivity index (χ0n) is 11.1. The van der Waals surface area contributed by atoms with Crippen LogP contribution in [-0.4, -0.2) is 28.8 Å². The minimum atomic E-state index is -0.473. The highest BCUT2D eigenvalue weighted by Crippen LogP contribution is 2.50. The summed E-state index contributed by atoms with van der Waals surface area (Å²) in [7, 11) is 0. The van der Waals surface area contributed by atoms with E-state index < -0.39 is 5.60 Å². The van der Waals surface area contributed by atoms with Crippen molar-refractivity contribution in [3.63, 3.8) is 0 Å². The second-order valence-corrected chi connectivity index (χ2v) is 6.83. The summed E-state index contributed by atoms with van der Waals surface area (Å²) in [6.07, 6.45) is 1.82. The van der Waals surface area contributed by atoms with Gasteiger partial charge in [0.15, 0.2) is 5.13 Å². The molecule has 0 bridgehead atoms. The molecule has 1 aromatic heterocycles. The van der Waals surface area contributed by atoms with Gasteiger partial charge in [0.2, 0.25) is 0 Å². The van der Waals surface area contributed by atoms with E-state index in [2.05, 4.69) is 4.98 Å². The highest BCUT2D eigenvalue weighted by atomic mass is 32.1. The van der Waals surface area contributed by atoms with Gasteiger partial charge >= 0.3 is 5.97 Å². The Morgan fingerprint density at radius 2 is 2.32 bits per heavy atom. The molecule has 2 fully saturated rings. The minimum absolute atomic E-state index is 0.00303. The first-order chi connectivity index (χ1) is 8.90. The van der Waals surface area contributed by atoms with Gasteiger partial charge in [-0.25, -0.2) is 4.98 Å². The molecule has 0 aromatic carbocycles. The van der Waals surface area contributed by atoms with Gasteiger partial charge in [0.05, 0.1) is 30.2 Å². The van der Waals surface area contributed by atoms with Crippen molar-refractivity contribution in [2.75, 3.05) is 12.3 Å². The lowest BCUT2D eigenvalue weighted by molar-refractivity contribution is -0.174. The van der Waals surface area contributed by atoms with Gasteiger partial charge in [0.1, 0.15) is 5.60 Å². The third-order valence-electron chi connectivity index (χ3n) is 3.96. The van der Waals surface area contributed by atoms with Crippen molar-refractivity contribution in [3.8, 4) is 0 Å². The van der Waals surface area contributed by atoms with Gasteiger partial charge in [-0.15, -0.1) is 11.3 Å². The lowest BCUT2D eigenvalue weighted by atomic mass is 9.74. The van der Waals surface area contributed by atoms with E-state index in [0.29, 0.717) is 24.6 Å². The molecule has 2 N–H and O–H groups in total. The number of hydrogen-bond donors (Lipinski definition) is 1. The summed E-state index contributed by atoms with van der Waals surface area (Å²) in [5.74, 6) is -0.147. The van der Waals surface area contributed by atoms with E-state index in [1.165, 1.54) is 11.3 Å². The Morgan fingerprint density at radius 1 is 1.53 bits per heavy atom. The Morgan fingerprint density at radius 3 is 2.95 bits per heavy atom. The van der Waals surface area contributed by atoms with Crippen molar-refractivity contribution < 1.29 is 14.3 Å². The molecule has 2 aliphatic rings. The van der Waals surface area contributed by atoms with Crippen LogP contribution in [0.5, 0.6) is 0 Å². The highest BCUT2D eigenvalue weighted by molar-refractivity contribution is 7.13. The van der Waals surface area contributed by atoms with Crippen LogP contribution in [0.15, 0.2) is 5.38 Å². The molecule has 2 atom stereocenters. The molecule has 104 valence electrons. The predicted octanol–water partition coefficient (Wildman–Crippen LogP) is 2.08. The van der Waals surface area contributed by atoms with E-state index in [1.807, 2.05) is 19.2 Å². The summed E-state index contributed by atoms with van der Waals surface area (Å²) in [5.41, 5.74) is 5.84. The molecule has 6 heteroatoms. The molecule has 2 saturated heterocycles. The molecule has 5 nitrogen and oxygen atoms in total. The lowest BCUT2D eigenvalue weighted by Gasteiger charge is -2.43. The van der Waals surface area contributed by atoms with Crippen molar-refractivity contribution >= 4 is 22.4 Å². The molecule has 2 unspecified atom stereocenters. The standard InChI is InChI=1S/C13H18N2O3S/c1-12(2)7-13(3-4-17-12)8(5-10(16)18-13)9-6-19-11(14)15-9/h6,8H,3-5,7H2,1-2H3,(H2,14,15). The maximum atomic E-state index is 11.8. The summed E-state index contributed by atoms with van der Waals surface area (Å²) in [5, 5.41) is 2.47. The van der Waals surface area contributed by atoms with Crippen molar-refractivity contribution in [1.82, 2.24) is 4.98 Å². The fraction of sp³-hybridized carbons (Fsp3) is 0.692. The highest BCUT2D eigenvalue weighted by Gasteiger charge is 2.55. The molecule has 2 aliphatic heterocycles. The largest absolute Gasteiger partial charge is 0.458 e. The number of thiazole rings is 1. The summed E-state index contributed by atoms with van der Waals surface area (Å²) in [6.45, 7) is 4.68. The van der Waals surface area contributed by atoms with Crippen LogP contribution in [0, 0.1) is 0 Å². The Bertz CT molecular complexity index is 514.